The van der Waals surface area contributed by atoms with Gasteiger partial charge in [-0.3, -0.25) is 4.57 Å². The van der Waals surface area contributed by atoms with Crippen molar-refractivity contribution in [3.05, 3.63) is 47.4 Å². The summed E-state index contributed by atoms with van der Waals surface area (Å²) < 4.78 is 7.42. The number of nitrogen functional groups attached to an aromatic ring is 1. The van der Waals surface area contributed by atoms with Crippen LogP contribution in [0, 0.1) is 13.8 Å². The number of anilines is 1. The molecule has 0 saturated heterocycles. The smallest absolute Gasteiger partial charge is 0.150 e. The quantitative estimate of drug-likeness (QED) is 0.802. The van der Waals surface area contributed by atoms with Gasteiger partial charge in [0.05, 0.1) is 17.7 Å². The summed E-state index contributed by atoms with van der Waals surface area (Å²) >= 11 is 0. The molecular weight excluding hydrogens is 264 g/mol. The van der Waals surface area contributed by atoms with Crippen LogP contribution in [0.15, 0.2) is 30.6 Å². The van der Waals surface area contributed by atoms with Crippen LogP contribution in [0.2, 0.25) is 0 Å². The molecule has 0 aliphatic carbocycles. The van der Waals surface area contributed by atoms with Crippen molar-refractivity contribution in [1.82, 2.24) is 14.5 Å². The highest BCUT2D eigenvalue weighted by Crippen LogP contribution is 2.31. The molecule has 108 valence electrons. The molecule has 0 fully saturated rings. The number of methoxy groups -OCH3 is 1. The lowest BCUT2D eigenvalue weighted by Crippen LogP contribution is -2.03. The van der Waals surface area contributed by atoms with E-state index in [1.807, 2.05) is 19.1 Å². The summed E-state index contributed by atoms with van der Waals surface area (Å²) in [6.07, 6.45) is 1.51. The fourth-order valence-electron chi connectivity index (χ4n) is 2.73. The molecule has 0 bridgehead atoms. The van der Waals surface area contributed by atoms with Crippen LogP contribution in [0.5, 0.6) is 0 Å². The predicted octanol–water partition coefficient (Wildman–Crippen LogP) is 2.77. The Bertz CT molecular complexity index is 807. The number of aromatic nitrogens is 3. The lowest BCUT2D eigenvalue weighted by molar-refractivity contribution is 0.185. The summed E-state index contributed by atoms with van der Waals surface area (Å²) in [7, 11) is 1.70. The lowest BCUT2D eigenvalue weighted by Gasteiger charge is -2.13. The number of nitrogens with two attached hydrogens (primary N) is 1. The van der Waals surface area contributed by atoms with E-state index in [2.05, 4.69) is 33.6 Å². The fourth-order valence-corrected chi connectivity index (χ4v) is 2.73. The second-order valence-electron chi connectivity index (χ2n) is 5.07. The molecule has 0 aliphatic heterocycles. The Hall–Kier alpha value is -2.40. The van der Waals surface area contributed by atoms with Gasteiger partial charge in [0.15, 0.2) is 5.65 Å². The minimum atomic E-state index is 0.517. The molecule has 0 amide bonds. The van der Waals surface area contributed by atoms with Crippen molar-refractivity contribution in [2.24, 2.45) is 0 Å². The van der Waals surface area contributed by atoms with Crippen LogP contribution >= 0.6 is 0 Å². The van der Waals surface area contributed by atoms with Gasteiger partial charge in [0.1, 0.15) is 12.1 Å². The summed E-state index contributed by atoms with van der Waals surface area (Å²) in [5, 5.41) is 0.919. The molecule has 0 atom stereocenters. The van der Waals surface area contributed by atoms with Crippen molar-refractivity contribution in [1.29, 1.82) is 0 Å². The molecule has 0 spiro atoms. The Morgan fingerprint density at radius 2 is 1.95 bits per heavy atom. The zero-order valence-electron chi connectivity index (χ0n) is 12.4. The number of hydrogen-bond donors (Lipinski definition) is 1. The summed E-state index contributed by atoms with van der Waals surface area (Å²) in [6, 6.07) is 8.15. The van der Waals surface area contributed by atoms with Crippen molar-refractivity contribution in [3.63, 3.8) is 0 Å². The number of para-hydroxylation sites is 1. The standard InChI is InChI=1S/C16H18N4O/c1-10-11(2)20(16-14(10)15(17)18-9-19-16)13-7-5-4-6-12(13)8-21-3/h4-7,9H,8H2,1-3H3,(H2,17,18,19). The largest absolute Gasteiger partial charge is 0.383 e. The zero-order valence-corrected chi connectivity index (χ0v) is 12.4. The summed E-state index contributed by atoms with van der Waals surface area (Å²) in [5.41, 5.74) is 11.2. The first-order chi connectivity index (χ1) is 10.1. The Morgan fingerprint density at radius 3 is 2.71 bits per heavy atom. The number of ether oxygens (including phenoxy) is 1. The van der Waals surface area contributed by atoms with Crippen LogP contribution < -0.4 is 5.73 Å². The van der Waals surface area contributed by atoms with Crippen LogP contribution in [0.1, 0.15) is 16.8 Å². The molecule has 0 radical (unpaired) electrons. The van der Waals surface area contributed by atoms with E-state index in [1.165, 1.54) is 6.33 Å². The molecule has 5 heteroatoms. The molecule has 0 aliphatic rings. The number of rotatable bonds is 3. The predicted molar refractivity (Wildman–Crippen MR) is 83.5 cm³/mol. The minimum Gasteiger partial charge on any atom is -0.383 e. The van der Waals surface area contributed by atoms with Gasteiger partial charge < -0.3 is 10.5 Å². The van der Waals surface area contributed by atoms with E-state index in [-0.39, 0.29) is 0 Å². The third kappa shape index (κ3) is 2.06. The highest BCUT2D eigenvalue weighted by molar-refractivity contribution is 5.92. The average molecular weight is 282 g/mol. The van der Waals surface area contributed by atoms with E-state index < -0.39 is 0 Å². The second-order valence-corrected chi connectivity index (χ2v) is 5.07. The van der Waals surface area contributed by atoms with Crippen LogP contribution in [0.25, 0.3) is 16.7 Å². The number of aryl methyl sites for hydroxylation is 1. The van der Waals surface area contributed by atoms with Gasteiger partial charge in [-0.2, -0.15) is 0 Å². The molecule has 2 heterocycles. The summed E-state index contributed by atoms with van der Waals surface area (Å²) in [5.74, 6) is 0.517. The average Bonchev–Trinajstić information content (AvgIpc) is 2.73. The van der Waals surface area contributed by atoms with E-state index in [0.29, 0.717) is 12.4 Å². The molecule has 5 nitrogen and oxygen atoms in total. The van der Waals surface area contributed by atoms with Crippen LogP contribution in [-0.4, -0.2) is 21.6 Å². The Balaban J connectivity index is 2.36. The van der Waals surface area contributed by atoms with Gasteiger partial charge in [-0.15, -0.1) is 0 Å². The number of benzene rings is 1. The molecule has 2 aromatic heterocycles. The maximum Gasteiger partial charge on any atom is 0.150 e. The summed E-state index contributed by atoms with van der Waals surface area (Å²) in [4.78, 5) is 8.54. The molecule has 0 unspecified atom stereocenters. The SMILES string of the molecule is COCc1ccccc1-n1c(C)c(C)c2c(N)ncnc21. The van der Waals surface area contributed by atoms with E-state index in [9.17, 15) is 0 Å². The van der Waals surface area contributed by atoms with E-state index in [1.54, 1.807) is 7.11 Å². The Morgan fingerprint density at radius 1 is 1.19 bits per heavy atom. The molecule has 21 heavy (non-hydrogen) atoms. The number of fused-ring (bicyclic) bond motifs is 1. The van der Waals surface area contributed by atoms with Crippen molar-refractivity contribution < 1.29 is 4.74 Å². The summed E-state index contributed by atoms with van der Waals surface area (Å²) in [6.45, 7) is 4.67. The fraction of sp³-hybridized carbons (Fsp3) is 0.250. The topological polar surface area (TPSA) is 66.0 Å². The van der Waals surface area contributed by atoms with Gasteiger partial charge in [-0.1, -0.05) is 18.2 Å². The van der Waals surface area contributed by atoms with Crippen LogP contribution in [0.4, 0.5) is 5.82 Å². The normalized spacial score (nSPS) is 11.2. The molecule has 1 aromatic carbocycles. The van der Waals surface area contributed by atoms with Gasteiger partial charge in [0.2, 0.25) is 0 Å². The van der Waals surface area contributed by atoms with Gasteiger partial charge in [-0.05, 0) is 25.5 Å². The van der Waals surface area contributed by atoms with Crippen molar-refractivity contribution in [3.8, 4) is 5.69 Å². The first-order valence-corrected chi connectivity index (χ1v) is 6.80. The maximum absolute atomic E-state index is 6.02. The number of hydrogen-bond acceptors (Lipinski definition) is 4. The zero-order chi connectivity index (χ0) is 15.0. The van der Waals surface area contributed by atoms with Gasteiger partial charge in [-0.25, -0.2) is 9.97 Å². The van der Waals surface area contributed by atoms with Gasteiger partial charge >= 0.3 is 0 Å². The maximum atomic E-state index is 6.02. The van der Waals surface area contributed by atoms with E-state index in [4.69, 9.17) is 10.5 Å². The third-order valence-corrected chi connectivity index (χ3v) is 3.85. The molecular formula is C16H18N4O. The van der Waals surface area contributed by atoms with Crippen LogP contribution in [-0.2, 0) is 11.3 Å². The highest BCUT2D eigenvalue weighted by Gasteiger charge is 2.17. The first-order valence-electron chi connectivity index (χ1n) is 6.80. The van der Waals surface area contributed by atoms with Gasteiger partial charge in [0, 0.05) is 18.4 Å². The van der Waals surface area contributed by atoms with Crippen LogP contribution in [0.3, 0.4) is 0 Å². The molecule has 0 saturated carbocycles. The van der Waals surface area contributed by atoms with Gasteiger partial charge in [0.25, 0.3) is 0 Å². The monoisotopic (exact) mass is 282 g/mol. The van der Waals surface area contributed by atoms with E-state index in [0.717, 1.165) is 33.5 Å². The van der Waals surface area contributed by atoms with Crippen molar-refractivity contribution >= 4 is 16.9 Å². The third-order valence-electron chi connectivity index (χ3n) is 3.85. The minimum absolute atomic E-state index is 0.517. The van der Waals surface area contributed by atoms with Crippen molar-refractivity contribution in [2.45, 2.75) is 20.5 Å². The molecule has 3 rings (SSSR count). The Labute approximate surface area is 123 Å². The highest BCUT2D eigenvalue weighted by atomic mass is 16.5. The second kappa shape index (κ2) is 5.18. The molecule has 3 aromatic rings. The van der Waals surface area contributed by atoms with Crippen molar-refractivity contribution in [2.75, 3.05) is 12.8 Å². The lowest BCUT2D eigenvalue weighted by atomic mass is 10.2. The first kappa shape index (κ1) is 13.6. The number of nitrogens with zero attached hydrogens (tertiary/aromatic N) is 3. The molecule has 2 N–H and O–H groups in total. The Kier molecular flexibility index (Phi) is 3.35. The van der Waals surface area contributed by atoms with E-state index >= 15 is 0 Å².